The van der Waals surface area contributed by atoms with Crippen LogP contribution in [0.3, 0.4) is 0 Å². The Morgan fingerprint density at radius 2 is 1.74 bits per heavy atom. The third kappa shape index (κ3) is 3.30. The summed E-state index contributed by atoms with van der Waals surface area (Å²) >= 11 is 0. The number of hydrogen-bond donors (Lipinski definition) is 0. The van der Waals surface area contributed by atoms with Gasteiger partial charge in [-0.2, -0.15) is 0 Å². The monoisotopic (exact) mass is 264 g/mol. The normalized spacial score (nSPS) is 10.9. The smallest absolute Gasteiger partial charge is 0.272 e. The summed E-state index contributed by atoms with van der Waals surface area (Å²) in [6.45, 7) is 9.46. The van der Waals surface area contributed by atoms with Gasteiger partial charge in [0.2, 0.25) is 0 Å². The molecule has 0 radical (unpaired) electrons. The summed E-state index contributed by atoms with van der Waals surface area (Å²) in [4.78, 5) is 24.5. The third-order valence-corrected chi connectivity index (χ3v) is 2.99. The highest BCUT2D eigenvalue weighted by atomic mass is 16.6. The van der Waals surface area contributed by atoms with E-state index in [2.05, 4.69) is 0 Å². The van der Waals surface area contributed by atoms with Crippen molar-refractivity contribution < 1.29 is 9.72 Å². The van der Waals surface area contributed by atoms with Gasteiger partial charge in [0.15, 0.2) is 0 Å². The number of nitrogens with zero attached hydrogens (tertiary/aromatic N) is 2. The number of nitro groups is 1. The van der Waals surface area contributed by atoms with Crippen LogP contribution in [0.1, 0.15) is 43.6 Å². The third-order valence-electron chi connectivity index (χ3n) is 2.99. The fourth-order valence-electron chi connectivity index (χ4n) is 2.21. The Bertz CT molecular complexity index is 487. The van der Waals surface area contributed by atoms with Crippen molar-refractivity contribution in [2.45, 2.75) is 46.7 Å². The molecule has 5 heteroatoms. The van der Waals surface area contributed by atoms with E-state index in [0.29, 0.717) is 11.1 Å². The van der Waals surface area contributed by atoms with Gasteiger partial charge in [-0.25, -0.2) is 0 Å². The maximum absolute atomic E-state index is 12.4. The minimum atomic E-state index is -0.438. The Morgan fingerprint density at radius 3 is 2.11 bits per heavy atom. The van der Waals surface area contributed by atoms with Crippen LogP contribution in [0, 0.1) is 17.0 Å². The van der Waals surface area contributed by atoms with E-state index in [-0.39, 0.29) is 23.7 Å². The molecule has 0 bridgehead atoms. The number of nitro benzene ring substituents is 1. The molecule has 0 N–H and O–H groups in total. The van der Waals surface area contributed by atoms with Crippen LogP contribution in [0.25, 0.3) is 0 Å². The number of rotatable bonds is 4. The standard InChI is InChI=1S/C14H20N2O3/c1-9(2)15(10(3)4)14(17)12-6-7-13(16(18)19)11(5)8-12/h6-10H,1-5H3. The first-order valence-corrected chi connectivity index (χ1v) is 6.33. The minimum absolute atomic E-state index is 0.0391. The van der Waals surface area contributed by atoms with Crippen molar-refractivity contribution in [3.05, 3.63) is 39.4 Å². The van der Waals surface area contributed by atoms with Gasteiger partial charge in [0.05, 0.1) is 4.92 Å². The SMILES string of the molecule is Cc1cc(C(=O)N(C(C)C)C(C)C)ccc1[N+](=O)[O-]. The zero-order valence-electron chi connectivity index (χ0n) is 12.0. The Labute approximate surface area is 113 Å². The van der Waals surface area contributed by atoms with Crippen molar-refractivity contribution in [1.82, 2.24) is 4.90 Å². The lowest BCUT2D eigenvalue weighted by molar-refractivity contribution is -0.385. The van der Waals surface area contributed by atoms with Crippen LogP contribution < -0.4 is 0 Å². The van der Waals surface area contributed by atoms with Gasteiger partial charge in [-0.05, 0) is 46.8 Å². The van der Waals surface area contributed by atoms with Gasteiger partial charge in [0.1, 0.15) is 0 Å². The molecule has 104 valence electrons. The van der Waals surface area contributed by atoms with Gasteiger partial charge in [0.25, 0.3) is 11.6 Å². The number of aryl methyl sites for hydroxylation is 1. The van der Waals surface area contributed by atoms with Crippen molar-refractivity contribution in [3.8, 4) is 0 Å². The van der Waals surface area contributed by atoms with Crippen molar-refractivity contribution in [3.63, 3.8) is 0 Å². The van der Waals surface area contributed by atoms with E-state index in [4.69, 9.17) is 0 Å². The quantitative estimate of drug-likeness (QED) is 0.619. The van der Waals surface area contributed by atoms with E-state index in [1.54, 1.807) is 17.9 Å². The van der Waals surface area contributed by atoms with Crippen molar-refractivity contribution in [2.24, 2.45) is 0 Å². The molecule has 1 amide bonds. The van der Waals surface area contributed by atoms with Crippen molar-refractivity contribution in [2.75, 3.05) is 0 Å². The van der Waals surface area contributed by atoms with Gasteiger partial charge in [-0.1, -0.05) is 0 Å². The Balaban J connectivity index is 3.13. The van der Waals surface area contributed by atoms with Gasteiger partial charge in [0, 0.05) is 29.3 Å². The molecule has 0 spiro atoms. The van der Waals surface area contributed by atoms with Crippen LogP contribution in [-0.2, 0) is 0 Å². The van der Waals surface area contributed by atoms with Crippen LogP contribution in [0.2, 0.25) is 0 Å². The molecular formula is C14H20N2O3. The molecule has 19 heavy (non-hydrogen) atoms. The number of carbonyl (C=O) groups excluding carboxylic acids is 1. The maximum Gasteiger partial charge on any atom is 0.272 e. The highest BCUT2D eigenvalue weighted by molar-refractivity contribution is 5.95. The summed E-state index contributed by atoms with van der Waals surface area (Å²) < 4.78 is 0. The number of hydrogen-bond acceptors (Lipinski definition) is 3. The van der Waals surface area contributed by atoms with E-state index < -0.39 is 4.92 Å². The molecular weight excluding hydrogens is 244 g/mol. The first-order valence-electron chi connectivity index (χ1n) is 6.33. The molecule has 0 aliphatic heterocycles. The van der Waals surface area contributed by atoms with Gasteiger partial charge < -0.3 is 4.90 Å². The molecule has 0 aliphatic rings. The molecule has 0 saturated carbocycles. The molecule has 0 heterocycles. The zero-order valence-corrected chi connectivity index (χ0v) is 12.0. The first kappa shape index (κ1) is 15.1. The van der Waals surface area contributed by atoms with E-state index in [1.807, 2.05) is 27.7 Å². The lowest BCUT2D eigenvalue weighted by Crippen LogP contribution is -2.42. The van der Waals surface area contributed by atoms with E-state index in [1.165, 1.54) is 12.1 Å². The van der Waals surface area contributed by atoms with Crippen LogP contribution in [0.15, 0.2) is 18.2 Å². The number of benzene rings is 1. The maximum atomic E-state index is 12.4. The second-order valence-electron chi connectivity index (χ2n) is 5.16. The van der Waals surface area contributed by atoms with E-state index >= 15 is 0 Å². The second kappa shape index (κ2) is 5.82. The lowest BCUT2D eigenvalue weighted by Gasteiger charge is -2.30. The first-order chi connectivity index (χ1) is 8.75. The average molecular weight is 264 g/mol. The molecule has 1 aromatic rings. The summed E-state index contributed by atoms with van der Waals surface area (Å²) in [5.74, 6) is -0.0944. The highest BCUT2D eigenvalue weighted by Gasteiger charge is 2.23. The highest BCUT2D eigenvalue weighted by Crippen LogP contribution is 2.21. The van der Waals surface area contributed by atoms with Gasteiger partial charge in [-0.3, -0.25) is 14.9 Å². The Kier molecular flexibility index (Phi) is 4.64. The van der Waals surface area contributed by atoms with Crippen LogP contribution >= 0.6 is 0 Å². The zero-order chi connectivity index (χ0) is 14.7. The van der Waals surface area contributed by atoms with E-state index in [9.17, 15) is 14.9 Å². The van der Waals surface area contributed by atoms with Gasteiger partial charge >= 0.3 is 0 Å². The van der Waals surface area contributed by atoms with Crippen LogP contribution in [-0.4, -0.2) is 27.8 Å². The van der Waals surface area contributed by atoms with Crippen LogP contribution in [0.4, 0.5) is 5.69 Å². The molecule has 0 atom stereocenters. The van der Waals surface area contributed by atoms with E-state index in [0.717, 1.165) is 0 Å². The van der Waals surface area contributed by atoms with Gasteiger partial charge in [-0.15, -0.1) is 0 Å². The molecule has 5 nitrogen and oxygen atoms in total. The summed E-state index contributed by atoms with van der Waals surface area (Å²) in [6, 6.07) is 4.66. The topological polar surface area (TPSA) is 63.5 Å². The largest absolute Gasteiger partial charge is 0.334 e. The molecule has 0 unspecified atom stereocenters. The predicted molar refractivity (Wildman–Crippen MR) is 74.3 cm³/mol. The lowest BCUT2D eigenvalue weighted by atomic mass is 10.1. The summed E-state index contributed by atoms with van der Waals surface area (Å²) in [6.07, 6.45) is 0. The predicted octanol–water partition coefficient (Wildman–Crippen LogP) is 3.16. The molecule has 1 aromatic carbocycles. The second-order valence-corrected chi connectivity index (χ2v) is 5.16. The Morgan fingerprint density at radius 1 is 1.21 bits per heavy atom. The summed E-state index contributed by atoms with van der Waals surface area (Å²) in [5.41, 5.74) is 1.03. The molecule has 0 aliphatic carbocycles. The average Bonchev–Trinajstić information content (AvgIpc) is 2.26. The fourth-order valence-corrected chi connectivity index (χ4v) is 2.21. The molecule has 1 rings (SSSR count). The van der Waals surface area contributed by atoms with Crippen molar-refractivity contribution >= 4 is 11.6 Å². The molecule has 0 saturated heterocycles. The summed E-state index contributed by atoms with van der Waals surface area (Å²) in [5, 5.41) is 10.8. The molecule has 0 fully saturated rings. The number of amides is 1. The number of carbonyl (C=O) groups is 1. The molecule has 0 aromatic heterocycles. The summed E-state index contributed by atoms with van der Waals surface area (Å²) in [7, 11) is 0. The fraction of sp³-hybridized carbons (Fsp3) is 0.500. The van der Waals surface area contributed by atoms with Crippen LogP contribution in [0.5, 0.6) is 0 Å². The Hall–Kier alpha value is -1.91. The van der Waals surface area contributed by atoms with Crippen molar-refractivity contribution in [1.29, 1.82) is 0 Å². The minimum Gasteiger partial charge on any atom is -0.334 e.